The van der Waals surface area contributed by atoms with Crippen molar-refractivity contribution in [1.29, 1.82) is 5.26 Å². The predicted molar refractivity (Wildman–Crippen MR) is 65.6 cm³/mol. The summed E-state index contributed by atoms with van der Waals surface area (Å²) >= 11 is 0. The molecule has 1 aliphatic rings. The Bertz CT molecular complexity index is 427. The molecule has 2 rings (SSSR count). The lowest BCUT2D eigenvalue weighted by Crippen LogP contribution is -2.44. The summed E-state index contributed by atoms with van der Waals surface area (Å²) in [6.45, 7) is 0. The van der Waals surface area contributed by atoms with Crippen molar-refractivity contribution in [3.63, 3.8) is 0 Å². The Hall–Kier alpha value is -1.60. The number of aromatic nitrogens is 1. The summed E-state index contributed by atoms with van der Waals surface area (Å²) in [5.41, 5.74) is 0.563. The van der Waals surface area contributed by atoms with Gasteiger partial charge in [0.1, 0.15) is 11.9 Å². The van der Waals surface area contributed by atoms with E-state index in [2.05, 4.69) is 11.1 Å². The first-order valence-electron chi connectivity index (χ1n) is 6.00. The molecule has 0 saturated heterocycles. The van der Waals surface area contributed by atoms with E-state index in [9.17, 15) is 5.11 Å². The van der Waals surface area contributed by atoms with Crippen LogP contribution in [-0.4, -0.2) is 29.3 Å². The van der Waals surface area contributed by atoms with Gasteiger partial charge in [-0.3, -0.25) is 0 Å². The van der Waals surface area contributed by atoms with Crippen molar-refractivity contribution in [2.75, 3.05) is 11.9 Å². The Kier molecular flexibility index (Phi) is 3.60. The molecule has 4 nitrogen and oxygen atoms in total. The normalized spacial score (nSPS) is 24.1. The van der Waals surface area contributed by atoms with Gasteiger partial charge in [-0.1, -0.05) is 12.8 Å². The number of nitriles is 1. The van der Waals surface area contributed by atoms with Gasteiger partial charge in [0.2, 0.25) is 0 Å². The number of likely N-dealkylation sites (N-methyl/N-ethyl adjacent to an activating group) is 1. The number of anilines is 1. The third kappa shape index (κ3) is 2.40. The van der Waals surface area contributed by atoms with E-state index in [1.807, 2.05) is 11.9 Å². The van der Waals surface area contributed by atoms with Crippen molar-refractivity contribution >= 4 is 5.82 Å². The van der Waals surface area contributed by atoms with Crippen LogP contribution in [0, 0.1) is 11.3 Å². The average molecular weight is 231 g/mol. The smallest absolute Gasteiger partial charge is 0.146 e. The second-order valence-electron chi connectivity index (χ2n) is 4.52. The van der Waals surface area contributed by atoms with Crippen molar-refractivity contribution < 1.29 is 5.11 Å². The van der Waals surface area contributed by atoms with E-state index < -0.39 is 0 Å². The Balaban J connectivity index is 2.24. The average Bonchev–Trinajstić information content (AvgIpc) is 2.38. The Labute approximate surface area is 102 Å². The number of hydrogen-bond donors (Lipinski definition) is 1. The summed E-state index contributed by atoms with van der Waals surface area (Å²) in [4.78, 5) is 6.20. The molecular formula is C13H17N3O. The van der Waals surface area contributed by atoms with Gasteiger partial charge in [-0.05, 0) is 25.0 Å². The molecule has 0 bridgehead atoms. The lowest BCUT2D eigenvalue weighted by Gasteiger charge is -2.36. The summed E-state index contributed by atoms with van der Waals surface area (Å²) in [6.07, 6.45) is 5.37. The number of hydrogen-bond acceptors (Lipinski definition) is 4. The molecule has 2 unspecified atom stereocenters. The van der Waals surface area contributed by atoms with Crippen LogP contribution in [0.5, 0.6) is 0 Å². The van der Waals surface area contributed by atoms with Crippen LogP contribution in [0.15, 0.2) is 18.3 Å². The Morgan fingerprint density at radius 2 is 2.24 bits per heavy atom. The highest BCUT2D eigenvalue weighted by molar-refractivity contribution is 5.53. The third-order valence-corrected chi connectivity index (χ3v) is 3.43. The number of aliphatic hydroxyl groups is 1. The second-order valence-corrected chi connectivity index (χ2v) is 4.52. The highest BCUT2D eigenvalue weighted by Gasteiger charge is 2.28. The van der Waals surface area contributed by atoms with Crippen LogP contribution in [0.25, 0.3) is 0 Å². The van der Waals surface area contributed by atoms with Crippen LogP contribution in [0.2, 0.25) is 0 Å². The predicted octanol–water partition coefficient (Wildman–Crippen LogP) is 1.69. The van der Waals surface area contributed by atoms with E-state index in [4.69, 9.17) is 5.26 Å². The van der Waals surface area contributed by atoms with Gasteiger partial charge in [0.25, 0.3) is 0 Å². The SMILES string of the molecule is CN(c1ncccc1C#N)C1CCCCC1O. The van der Waals surface area contributed by atoms with Crippen LogP contribution in [-0.2, 0) is 0 Å². The molecule has 0 amide bonds. The molecule has 90 valence electrons. The third-order valence-electron chi connectivity index (χ3n) is 3.43. The number of rotatable bonds is 2. The zero-order chi connectivity index (χ0) is 12.3. The van der Waals surface area contributed by atoms with Crippen LogP contribution >= 0.6 is 0 Å². The molecule has 1 aromatic heterocycles. The summed E-state index contributed by atoms with van der Waals surface area (Å²) in [6, 6.07) is 5.73. The molecule has 1 saturated carbocycles. The molecular weight excluding hydrogens is 214 g/mol. The molecule has 1 heterocycles. The molecule has 2 atom stereocenters. The zero-order valence-electron chi connectivity index (χ0n) is 10.0. The van der Waals surface area contributed by atoms with Gasteiger partial charge >= 0.3 is 0 Å². The van der Waals surface area contributed by atoms with Gasteiger partial charge in [0.05, 0.1) is 17.7 Å². The second kappa shape index (κ2) is 5.15. The zero-order valence-corrected chi connectivity index (χ0v) is 10.0. The highest BCUT2D eigenvalue weighted by atomic mass is 16.3. The summed E-state index contributed by atoms with van der Waals surface area (Å²) in [7, 11) is 1.91. The van der Waals surface area contributed by atoms with Gasteiger partial charge in [0, 0.05) is 13.2 Å². The topological polar surface area (TPSA) is 60.2 Å². The van der Waals surface area contributed by atoms with E-state index >= 15 is 0 Å². The molecule has 1 aliphatic carbocycles. The maximum Gasteiger partial charge on any atom is 0.146 e. The fraction of sp³-hybridized carbons (Fsp3) is 0.538. The minimum absolute atomic E-state index is 0.0748. The van der Waals surface area contributed by atoms with Gasteiger partial charge in [0.15, 0.2) is 0 Å². The van der Waals surface area contributed by atoms with Gasteiger partial charge in [-0.2, -0.15) is 5.26 Å². The van der Waals surface area contributed by atoms with Crippen LogP contribution in [0.3, 0.4) is 0 Å². The lowest BCUT2D eigenvalue weighted by atomic mass is 9.91. The number of pyridine rings is 1. The van der Waals surface area contributed by atoms with E-state index in [-0.39, 0.29) is 12.1 Å². The van der Waals surface area contributed by atoms with Crippen LogP contribution < -0.4 is 4.90 Å². The molecule has 0 aromatic carbocycles. The lowest BCUT2D eigenvalue weighted by molar-refractivity contribution is 0.106. The minimum atomic E-state index is -0.317. The monoisotopic (exact) mass is 231 g/mol. The minimum Gasteiger partial charge on any atom is -0.391 e. The number of nitrogens with zero attached hydrogens (tertiary/aromatic N) is 3. The fourth-order valence-electron chi connectivity index (χ4n) is 2.47. The number of aliphatic hydroxyl groups excluding tert-OH is 1. The Morgan fingerprint density at radius 3 is 2.94 bits per heavy atom. The van der Waals surface area contributed by atoms with Crippen LogP contribution in [0.1, 0.15) is 31.2 Å². The summed E-state index contributed by atoms with van der Waals surface area (Å²) in [5.74, 6) is 0.668. The van der Waals surface area contributed by atoms with E-state index in [0.29, 0.717) is 11.4 Å². The van der Waals surface area contributed by atoms with Gasteiger partial charge in [-0.25, -0.2) is 4.98 Å². The van der Waals surface area contributed by atoms with E-state index in [1.165, 1.54) is 0 Å². The first-order valence-corrected chi connectivity index (χ1v) is 6.00. The van der Waals surface area contributed by atoms with Crippen molar-refractivity contribution in [2.24, 2.45) is 0 Å². The van der Waals surface area contributed by atoms with E-state index in [0.717, 1.165) is 25.7 Å². The van der Waals surface area contributed by atoms with E-state index in [1.54, 1.807) is 18.3 Å². The molecule has 0 spiro atoms. The molecule has 1 aromatic rings. The first kappa shape index (κ1) is 11.9. The quantitative estimate of drug-likeness (QED) is 0.841. The van der Waals surface area contributed by atoms with Crippen LogP contribution in [0.4, 0.5) is 5.82 Å². The van der Waals surface area contributed by atoms with Crippen molar-refractivity contribution in [1.82, 2.24) is 4.98 Å². The summed E-state index contributed by atoms with van der Waals surface area (Å²) < 4.78 is 0. The summed E-state index contributed by atoms with van der Waals surface area (Å²) in [5, 5.41) is 19.1. The standard InChI is InChI=1S/C13H17N3O/c1-16(11-6-2-3-7-12(11)17)13-10(9-14)5-4-8-15-13/h4-5,8,11-12,17H,2-3,6-7H2,1H3. The molecule has 17 heavy (non-hydrogen) atoms. The molecule has 4 heteroatoms. The maximum absolute atomic E-state index is 10.0. The van der Waals surface area contributed by atoms with Crippen molar-refractivity contribution in [2.45, 2.75) is 37.8 Å². The van der Waals surface area contributed by atoms with Gasteiger partial charge in [-0.15, -0.1) is 0 Å². The molecule has 1 fully saturated rings. The Morgan fingerprint density at radius 1 is 1.47 bits per heavy atom. The first-order chi connectivity index (χ1) is 8.24. The fourth-order valence-corrected chi connectivity index (χ4v) is 2.47. The maximum atomic E-state index is 10.0. The van der Waals surface area contributed by atoms with Crippen molar-refractivity contribution in [3.8, 4) is 6.07 Å². The molecule has 0 aliphatic heterocycles. The van der Waals surface area contributed by atoms with Gasteiger partial charge < -0.3 is 10.0 Å². The highest BCUT2D eigenvalue weighted by Crippen LogP contribution is 2.26. The molecule has 0 radical (unpaired) electrons. The van der Waals surface area contributed by atoms with Crippen molar-refractivity contribution in [3.05, 3.63) is 23.9 Å². The molecule has 1 N–H and O–H groups in total. The largest absolute Gasteiger partial charge is 0.391 e.